The highest BCUT2D eigenvalue weighted by Gasteiger charge is 2.18. The maximum absolute atomic E-state index is 8.81. The van der Waals surface area contributed by atoms with Crippen molar-refractivity contribution in [3.8, 4) is 11.8 Å². The highest BCUT2D eigenvalue weighted by molar-refractivity contribution is 5.41. The first kappa shape index (κ1) is 14.1. The van der Waals surface area contributed by atoms with Crippen molar-refractivity contribution in [1.29, 1.82) is 0 Å². The molecule has 1 aromatic carbocycles. The van der Waals surface area contributed by atoms with Gasteiger partial charge in [-0.15, -0.1) is 0 Å². The second kappa shape index (κ2) is 7.30. The minimum absolute atomic E-state index is 0.0931. The SMILES string of the molecule is CN(Cc1ccccc1C#CCO)C1CCOCC1. The van der Waals surface area contributed by atoms with E-state index in [0.717, 1.165) is 38.2 Å². The summed E-state index contributed by atoms with van der Waals surface area (Å²) < 4.78 is 5.40. The lowest BCUT2D eigenvalue weighted by molar-refractivity contribution is 0.0407. The average Bonchev–Trinajstić information content (AvgIpc) is 2.47. The van der Waals surface area contributed by atoms with Crippen molar-refractivity contribution >= 4 is 0 Å². The first-order valence-corrected chi connectivity index (χ1v) is 6.77. The fourth-order valence-corrected chi connectivity index (χ4v) is 2.44. The number of hydrogen-bond donors (Lipinski definition) is 1. The summed E-state index contributed by atoms with van der Waals surface area (Å²) in [6, 6.07) is 8.73. The number of nitrogens with zero attached hydrogens (tertiary/aromatic N) is 1. The molecule has 2 rings (SSSR count). The van der Waals surface area contributed by atoms with Gasteiger partial charge in [0.2, 0.25) is 0 Å². The van der Waals surface area contributed by atoms with Crippen LogP contribution in [0.15, 0.2) is 24.3 Å². The number of aliphatic hydroxyl groups is 1. The van der Waals surface area contributed by atoms with E-state index < -0.39 is 0 Å². The topological polar surface area (TPSA) is 32.7 Å². The molecule has 0 atom stereocenters. The molecule has 0 radical (unpaired) electrons. The highest BCUT2D eigenvalue weighted by atomic mass is 16.5. The van der Waals surface area contributed by atoms with Gasteiger partial charge >= 0.3 is 0 Å². The lowest BCUT2D eigenvalue weighted by atomic mass is 10.0. The van der Waals surface area contributed by atoms with Gasteiger partial charge < -0.3 is 9.84 Å². The van der Waals surface area contributed by atoms with E-state index in [1.54, 1.807) is 0 Å². The van der Waals surface area contributed by atoms with E-state index in [2.05, 4.69) is 29.9 Å². The molecule has 0 amide bonds. The van der Waals surface area contributed by atoms with Crippen LogP contribution in [-0.2, 0) is 11.3 Å². The van der Waals surface area contributed by atoms with Crippen molar-refractivity contribution in [2.24, 2.45) is 0 Å². The Morgan fingerprint density at radius 1 is 1.32 bits per heavy atom. The van der Waals surface area contributed by atoms with Gasteiger partial charge in [0.05, 0.1) is 0 Å². The summed E-state index contributed by atoms with van der Waals surface area (Å²) in [6.07, 6.45) is 2.20. The molecule has 0 unspecified atom stereocenters. The maximum Gasteiger partial charge on any atom is 0.104 e. The van der Waals surface area contributed by atoms with Gasteiger partial charge in [0.1, 0.15) is 6.61 Å². The Morgan fingerprint density at radius 2 is 2.05 bits per heavy atom. The first-order chi connectivity index (χ1) is 9.31. The van der Waals surface area contributed by atoms with Gasteiger partial charge in [-0.3, -0.25) is 4.90 Å². The lowest BCUT2D eigenvalue weighted by Gasteiger charge is -2.31. The van der Waals surface area contributed by atoms with Gasteiger partial charge in [0, 0.05) is 31.4 Å². The summed E-state index contributed by atoms with van der Waals surface area (Å²) in [5.41, 5.74) is 2.23. The summed E-state index contributed by atoms with van der Waals surface area (Å²) in [5.74, 6) is 5.74. The predicted molar refractivity (Wildman–Crippen MR) is 75.7 cm³/mol. The lowest BCUT2D eigenvalue weighted by Crippen LogP contribution is -2.36. The monoisotopic (exact) mass is 259 g/mol. The quantitative estimate of drug-likeness (QED) is 0.838. The summed E-state index contributed by atoms with van der Waals surface area (Å²) >= 11 is 0. The molecule has 3 nitrogen and oxygen atoms in total. The zero-order valence-electron chi connectivity index (χ0n) is 11.4. The van der Waals surface area contributed by atoms with Gasteiger partial charge in [-0.05, 0) is 31.5 Å². The van der Waals surface area contributed by atoms with Gasteiger partial charge in [-0.1, -0.05) is 30.0 Å². The molecule has 0 aliphatic carbocycles. The van der Waals surface area contributed by atoms with Gasteiger partial charge in [0.25, 0.3) is 0 Å². The van der Waals surface area contributed by atoms with Gasteiger partial charge in [-0.2, -0.15) is 0 Å². The fourth-order valence-electron chi connectivity index (χ4n) is 2.44. The van der Waals surface area contributed by atoms with Crippen LogP contribution >= 0.6 is 0 Å². The van der Waals surface area contributed by atoms with E-state index in [4.69, 9.17) is 9.84 Å². The van der Waals surface area contributed by atoms with Crippen LogP contribution in [-0.4, -0.2) is 42.9 Å². The Kier molecular flexibility index (Phi) is 5.41. The number of aliphatic hydroxyl groups excluding tert-OH is 1. The van der Waals surface area contributed by atoms with E-state index in [1.165, 1.54) is 5.56 Å². The van der Waals surface area contributed by atoms with E-state index in [9.17, 15) is 0 Å². The molecule has 1 aromatic rings. The Morgan fingerprint density at radius 3 is 2.79 bits per heavy atom. The number of hydrogen-bond acceptors (Lipinski definition) is 3. The minimum Gasteiger partial charge on any atom is -0.384 e. The summed E-state index contributed by atoms with van der Waals surface area (Å²) in [4.78, 5) is 2.38. The summed E-state index contributed by atoms with van der Waals surface area (Å²) in [5, 5.41) is 8.81. The molecule has 1 fully saturated rings. The smallest absolute Gasteiger partial charge is 0.104 e. The van der Waals surface area contributed by atoms with E-state index in [0.29, 0.717) is 6.04 Å². The van der Waals surface area contributed by atoms with Crippen molar-refractivity contribution in [2.75, 3.05) is 26.9 Å². The van der Waals surface area contributed by atoms with Crippen molar-refractivity contribution in [3.63, 3.8) is 0 Å². The molecule has 3 heteroatoms. The Bertz CT molecular complexity index is 455. The molecule has 1 aliphatic rings. The fraction of sp³-hybridized carbons (Fsp3) is 0.500. The molecular weight excluding hydrogens is 238 g/mol. The normalized spacial score (nSPS) is 16.2. The number of benzene rings is 1. The van der Waals surface area contributed by atoms with Crippen molar-refractivity contribution in [1.82, 2.24) is 4.90 Å². The summed E-state index contributed by atoms with van der Waals surface area (Å²) in [7, 11) is 2.16. The molecule has 1 N–H and O–H groups in total. The molecule has 1 aliphatic heterocycles. The van der Waals surface area contributed by atoms with E-state index in [-0.39, 0.29) is 6.61 Å². The van der Waals surface area contributed by atoms with Crippen LogP contribution in [0.25, 0.3) is 0 Å². The zero-order valence-corrected chi connectivity index (χ0v) is 11.4. The second-order valence-corrected chi connectivity index (χ2v) is 4.88. The molecule has 0 aromatic heterocycles. The molecular formula is C16H21NO2. The Balaban J connectivity index is 2.05. The van der Waals surface area contributed by atoms with Crippen LogP contribution in [0.1, 0.15) is 24.0 Å². The number of rotatable bonds is 3. The standard InChI is InChI=1S/C16H21NO2/c1-17(16-8-11-19-12-9-16)13-15-6-3-2-5-14(15)7-4-10-18/h2-3,5-6,16,18H,8-13H2,1H3. The Hall–Kier alpha value is -1.34. The van der Waals surface area contributed by atoms with Gasteiger partial charge in [0.15, 0.2) is 0 Å². The van der Waals surface area contributed by atoms with Crippen molar-refractivity contribution in [3.05, 3.63) is 35.4 Å². The van der Waals surface area contributed by atoms with E-state index in [1.807, 2.05) is 18.2 Å². The van der Waals surface area contributed by atoms with Crippen LogP contribution in [0.4, 0.5) is 0 Å². The summed E-state index contributed by atoms with van der Waals surface area (Å²) in [6.45, 7) is 2.52. The van der Waals surface area contributed by atoms with Crippen LogP contribution in [0.5, 0.6) is 0 Å². The molecule has 0 saturated carbocycles. The van der Waals surface area contributed by atoms with Crippen LogP contribution in [0.2, 0.25) is 0 Å². The van der Waals surface area contributed by atoms with Crippen LogP contribution in [0.3, 0.4) is 0 Å². The second-order valence-electron chi connectivity index (χ2n) is 4.88. The average molecular weight is 259 g/mol. The van der Waals surface area contributed by atoms with Gasteiger partial charge in [-0.25, -0.2) is 0 Å². The third-order valence-electron chi connectivity index (χ3n) is 3.55. The van der Waals surface area contributed by atoms with Crippen LogP contribution < -0.4 is 0 Å². The molecule has 0 spiro atoms. The van der Waals surface area contributed by atoms with E-state index >= 15 is 0 Å². The van der Waals surface area contributed by atoms with Crippen molar-refractivity contribution < 1.29 is 9.84 Å². The molecule has 0 bridgehead atoms. The largest absolute Gasteiger partial charge is 0.384 e. The third kappa shape index (κ3) is 4.07. The zero-order chi connectivity index (χ0) is 13.5. The number of ether oxygens (including phenoxy) is 1. The molecule has 1 saturated heterocycles. The molecule has 1 heterocycles. The third-order valence-corrected chi connectivity index (χ3v) is 3.55. The van der Waals surface area contributed by atoms with Crippen molar-refractivity contribution in [2.45, 2.75) is 25.4 Å². The van der Waals surface area contributed by atoms with Crippen LogP contribution in [0, 0.1) is 11.8 Å². The highest BCUT2D eigenvalue weighted by Crippen LogP contribution is 2.17. The molecule has 19 heavy (non-hydrogen) atoms. The Labute approximate surface area is 115 Å². The minimum atomic E-state index is -0.0931. The predicted octanol–water partition coefficient (Wildman–Crippen LogP) is 1.64. The maximum atomic E-state index is 8.81. The first-order valence-electron chi connectivity index (χ1n) is 6.77. The molecule has 102 valence electrons.